The van der Waals surface area contributed by atoms with Crippen molar-refractivity contribution in [2.75, 3.05) is 13.7 Å². The number of carbonyl (C=O) groups excluding carboxylic acids is 3. The molecular formula is C25H23N3O6. The number of rotatable bonds is 8. The van der Waals surface area contributed by atoms with Crippen molar-refractivity contribution in [3.05, 3.63) is 92.3 Å². The molecule has 1 aliphatic rings. The zero-order chi connectivity index (χ0) is 24.6. The third-order valence-electron chi connectivity index (χ3n) is 6.13. The number of nitro benzene ring substituents is 1. The first kappa shape index (κ1) is 22.9. The van der Waals surface area contributed by atoms with Crippen molar-refractivity contribution in [2.24, 2.45) is 0 Å². The summed E-state index contributed by atoms with van der Waals surface area (Å²) in [6, 6.07) is 13.4. The van der Waals surface area contributed by atoms with E-state index in [1.165, 1.54) is 18.2 Å². The van der Waals surface area contributed by atoms with E-state index in [-0.39, 0.29) is 11.1 Å². The molecule has 0 bridgehead atoms. The molecule has 9 heteroatoms. The molecule has 34 heavy (non-hydrogen) atoms. The van der Waals surface area contributed by atoms with E-state index in [0.717, 1.165) is 34.0 Å². The van der Waals surface area contributed by atoms with Crippen LogP contribution in [0.2, 0.25) is 0 Å². The smallest absolute Gasteiger partial charge is 0.282 e. The second kappa shape index (κ2) is 8.93. The van der Waals surface area contributed by atoms with Crippen LogP contribution in [0.25, 0.3) is 0 Å². The van der Waals surface area contributed by atoms with Crippen LogP contribution in [-0.2, 0) is 13.0 Å². The highest BCUT2D eigenvalue weighted by Gasteiger charge is 2.41. The second-order valence-electron chi connectivity index (χ2n) is 8.11. The monoisotopic (exact) mass is 461 g/mol. The number of ether oxygens (including phenoxy) is 1. The minimum absolute atomic E-state index is 0.0584. The number of hydrogen-bond donors (Lipinski definition) is 0. The zero-order valence-corrected chi connectivity index (χ0v) is 19.0. The van der Waals surface area contributed by atoms with Crippen LogP contribution < -0.4 is 4.74 Å². The van der Waals surface area contributed by atoms with Gasteiger partial charge in [-0.2, -0.15) is 0 Å². The number of benzene rings is 2. The summed E-state index contributed by atoms with van der Waals surface area (Å²) < 4.78 is 7.20. The summed E-state index contributed by atoms with van der Waals surface area (Å²) in [5, 5.41) is 11.3. The molecule has 0 spiro atoms. The summed E-state index contributed by atoms with van der Waals surface area (Å²) in [5.41, 5.74) is 2.38. The number of fused-ring (bicyclic) bond motifs is 1. The number of nitrogens with zero attached hydrogens (tertiary/aromatic N) is 3. The summed E-state index contributed by atoms with van der Waals surface area (Å²) in [6.45, 7) is 3.88. The fraction of sp³-hybridized carbons (Fsp3) is 0.240. The quantitative estimate of drug-likeness (QED) is 0.219. The molecule has 0 saturated carbocycles. The summed E-state index contributed by atoms with van der Waals surface area (Å²) in [4.78, 5) is 50.0. The molecule has 4 rings (SSSR count). The molecule has 9 nitrogen and oxygen atoms in total. The van der Waals surface area contributed by atoms with Gasteiger partial charge in [0.2, 0.25) is 0 Å². The van der Waals surface area contributed by atoms with Gasteiger partial charge in [0.15, 0.2) is 5.78 Å². The number of Topliss-reactive ketones (excluding diaryl/α,β-unsaturated/α-hetero) is 1. The van der Waals surface area contributed by atoms with Crippen LogP contribution in [0.3, 0.4) is 0 Å². The van der Waals surface area contributed by atoms with Gasteiger partial charge in [-0.05, 0) is 50.1 Å². The van der Waals surface area contributed by atoms with Crippen molar-refractivity contribution in [1.29, 1.82) is 0 Å². The number of carbonyl (C=O) groups is 3. The average molecular weight is 461 g/mol. The third-order valence-corrected chi connectivity index (χ3v) is 6.13. The maximum atomic E-state index is 13.1. The molecular weight excluding hydrogens is 438 g/mol. The van der Waals surface area contributed by atoms with Gasteiger partial charge in [0.1, 0.15) is 11.3 Å². The summed E-state index contributed by atoms with van der Waals surface area (Å²) >= 11 is 0. The van der Waals surface area contributed by atoms with Gasteiger partial charge in [-0.25, -0.2) is 0 Å². The molecule has 1 aliphatic heterocycles. The lowest BCUT2D eigenvalue weighted by Gasteiger charge is -2.13. The Hall–Kier alpha value is -4.27. The van der Waals surface area contributed by atoms with Gasteiger partial charge < -0.3 is 9.30 Å². The van der Waals surface area contributed by atoms with E-state index >= 15 is 0 Å². The van der Waals surface area contributed by atoms with Crippen molar-refractivity contribution in [3.8, 4) is 5.75 Å². The minimum Gasteiger partial charge on any atom is -0.497 e. The molecule has 0 unspecified atom stereocenters. The number of ketones is 1. The summed E-state index contributed by atoms with van der Waals surface area (Å²) in [6.07, 6.45) is 0.746. The van der Waals surface area contributed by atoms with Crippen LogP contribution in [0.1, 0.15) is 48.0 Å². The van der Waals surface area contributed by atoms with E-state index in [9.17, 15) is 24.5 Å². The molecule has 0 atom stereocenters. The van der Waals surface area contributed by atoms with Crippen molar-refractivity contribution >= 4 is 23.3 Å². The molecule has 2 amide bonds. The predicted molar refractivity (Wildman–Crippen MR) is 123 cm³/mol. The van der Waals surface area contributed by atoms with E-state index in [2.05, 4.69) is 0 Å². The van der Waals surface area contributed by atoms with E-state index < -0.39 is 34.8 Å². The fourth-order valence-electron chi connectivity index (χ4n) is 4.30. The topological polar surface area (TPSA) is 112 Å². The van der Waals surface area contributed by atoms with Crippen molar-refractivity contribution < 1.29 is 24.0 Å². The zero-order valence-electron chi connectivity index (χ0n) is 19.0. The first-order chi connectivity index (χ1) is 16.2. The molecule has 2 aromatic carbocycles. The number of aromatic nitrogens is 1. The first-order valence-corrected chi connectivity index (χ1v) is 10.7. The largest absolute Gasteiger partial charge is 0.497 e. The Labute approximate surface area is 195 Å². The summed E-state index contributed by atoms with van der Waals surface area (Å²) in [7, 11) is 1.61. The first-order valence-electron chi connectivity index (χ1n) is 10.7. The fourth-order valence-corrected chi connectivity index (χ4v) is 4.30. The summed E-state index contributed by atoms with van der Waals surface area (Å²) in [5.74, 6) is -1.15. The van der Waals surface area contributed by atoms with Gasteiger partial charge in [-0.1, -0.05) is 18.2 Å². The Morgan fingerprint density at radius 2 is 1.76 bits per heavy atom. The highest BCUT2D eigenvalue weighted by atomic mass is 16.6. The minimum atomic E-state index is -0.825. The molecule has 2 heterocycles. The van der Waals surface area contributed by atoms with E-state index in [4.69, 9.17) is 4.74 Å². The third kappa shape index (κ3) is 3.96. The molecule has 3 aromatic rings. The number of aryl methyl sites for hydroxylation is 2. The van der Waals surface area contributed by atoms with E-state index in [0.29, 0.717) is 12.1 Å². The van der Waals surface area contributed by atoms with Gasteiger partial charge in [-0.3, -0.25) is 29.4 Å². The lowest BCUT2D eigenvalue weighted by Crippen LogP contribution is -2.35. The number of hydrogen-bond acceptors (Lipinski definition) is 6. The highest BCUT2D eigenvalue weighted by molar-refractivity contribution is 6.24. The van der Waals surface area contributed by atoms with Gasteiger partial charge in [0.25, 0.3) is 17.5 Å². The van der Waals surface area contributed by atoms with Crippen LogP contribution in [0.15, 0.2) is 48.5 Å². The number of imide groups is 1. The SMILES string of the molecule is COc1ccc(CCn2c(C)cc(C(=O)CN3C(=O)c4cccc([N+](=O)[O-])c4C3=O)c2C)cc1. The molecule has 0 aliphatic carbocycles. The van der Waals surface area contributed by atoms with Crippen LogP contribution in [0.5, 0.6) is 5.75 Å². The van der Waals surface area contributed by atoms with E-state index in [1.807, 2.05) is 42.7 Å². The highest BCUT2D eigenvalue weighted by Crippen LogP contribution is 2.31. The Morgan fingerprint density at radius 3 is 2.41 bits per heavy atom. The molecule has 0 fully saturated rings. The van der Waals surface area contributed by atoms with E-state index in [1.54, 1.807) is 13.2 Å². The molecule has 0 N–H and O–H groups in total. The van der Waals surface area contributed by atoms with Crippen LogP contribution >= 0.6 is 0 Å². The van der Waals surface area contributed by atoms with Crippen LogP contribution in [-0.4, -0.2) is 45.6 Å². The second-order valence-corrected chi connectivity index (χ2v) is 8.11. The number of methoxy groups -OCH3 is 1. The molecule has 0 saturated heterocycles. The Bertz CT molecular complexity index is 1320. The molecule has 174 valence electrons. The van der Waals surface area contributed by atoms with Gasteiger partial charge >= 0.3 is 0 Å². The van der Waals surface area contributed by atoms with Crippen molar-refractivity contribution in [2.45, 2.75) is 26.8 Å². The Morgan fingerprint density at radius 1 is 1.06 bits per heavy atom. The number of amides is 2. The van der Waals surface area contributed by atoms with Gasteiger partial charge in [0, 0.05) is 29.6 Å². The van der Waals surface area contributed by atoms with Crippen molar-refractivity contribution in [3.63, 3.8) is 0 Å². The Balaban J connectivity index is 1.52. The normalized spacial score (nSPS) is 12.7. The molecule has 0 radical (unpaired) electrons. The lowest BCUT2D eigenvalue weighted by molar-refractivity contribution is -0.385. The number of nitro groups is 1. The standard InChI is InChI=1S/C25H23N3O6/c1-15-13-20(16(2)26(15)12-11-17-7-9-18(34-3)10-8-17)22(29)14-27-24(30)19-5-4-6-21(28(32)33)23(19)25(27)31/h4-10,13H,11-12,14H2,1-3H3. The van der Waals surface area contributed by atoms with Crippen LogP contribution in [0.4, 0.5) is 5.69 Å². The van der Waals surface area contributed by atoms with Gasteiger partial charge in [-0.15, -0.1) is 0 Å². The van der Waals surface area contributed by atoms with Crippen molar-refractivity contribution in [1.82, 2.24) is 9.47 Å². The molecule has 1 aromatic heterocycles. The Kier molecular flexibility index (Phi) is 6.02. The maximum absolute atomic E-state index is 13.1. The van der Waals surface area contributed by atoms with Crippen LogP contribution in [0, 0.1) is 24.0 Å². The lowest BCUT2D eigenvalue weighted by atomic mass is 10.1. The average Bonchev–Trinajstić information content (AvgIpc) is 3.25. The van der Waals surface area contributed by atoms with Gasteiger partial charge in [0.05, 0.1) is 24.1 Å². The predicted octanol–water partition coefficient (Wildman–Crippen LogP) is 3.74. The maximum Gasteiger partial charge on any atom is 0.282 e.